The van der Waals surface area contributed by atoms with Crippen LogP contribution in [0, 0.1) is 0 Å². The average Bonchev–Trinajstić information content (AvgIpc) is 2.67. The number of hydrogen-bond donors (Lipinski definition) is 0. The van der Waals surface area contributed by atoms with Crippen molar-refractivity contribution in [3.63, 3.8) is 0 Å². The number of rotatable bonds is 7. The number of alkyl halides is 3. The van der Waals surface area contributed by atoms with Crippen molar-refractivity contribution < 1.29 is 22.7 Å². The molecule has 0 fully saturated rings. The predicted octanol–water partition coefficient (Wildman–Crippen LogP) is 5.27. The maximum atomic E-state index is 12.7. The van der Waals surface area contributed by atoms with Crippen molar-refractivity contribution in [3.05, 3.63) is 77.5 Å². The quantitative estimate of drug-likeness (QED) is 0.396. The van der Waals surface area contributed by atoms with Gasteiger partial charge in [0.25, 0.3) is 0 Å². The molecule has 0 bridgehead atoms. The zero-order valence-corrected chi connectivity index (χ0v) is 15.7. The fraction of sp³-hybridized carbons (Fsp3) is 0.238. The van der Waals surface area contributed by atoms with Crippen LogP contribution in [0.15, 0.2) is 60.7 Å². The third-order valence-corrected chi connectivity index (χ3v) is 4.99. The summed E-state index contributed by atoms with van der Waals surface area (Å²) in [6, 6.07) is 17.0. The van der Waals surface area contributed by atoms with Crippen LogP contribution in [-0.4, -0.2) is 23.3 Å². The number of pyridine rings is 1. The standard InChI is InChI=1S/C21H18F3NO2S/c22-21(23,24)19-9-7-17-12-16(6-8-18(17)25-19)14-28-11-10-27-20(26)13-15-4-2-1-3-5-15/h1-9,12H,10-11,13-14H2. The number of carbonyl (C=O) groups is 1. The monoisotopic (exact) mass is 405 g/mol. The van der Waals surface area contributed by atoms with Gasteiger partial charge in [0.15, 0.2) is 0 Å². The largest absolute Gasteiger partial charge is 0.465 e. The number of halogens is 3. The van der Waals surface area contributed by atoms with Gasteiger partial charge in [-0.15, -0.1) is 0 Å². The molecule has 3 nitrogen and oxygen atoms in total. The molecule has 0 saturated heterocycles. The maximum Gasteiger partial charge on any atom is 0.433 e. The molecule has 146 valence electrons. The fourth-order valence-corrected chi connectivity index (χ4v) is 3.40. The zero-order chi connectivity index (χ0) is 20.0. The molecule has 7 heteroatoms. The van der Waals surface area contributed by atoms with Crippen molar-refractivity contribution in [2.75, 3.05) is 12.4 Å². The van der Waals surface area contributed by atoms with Crippen LogP contribution < -0.4 is 0 Å². The minimum Gasteiger partial charge on any atom is -0.465 e. The Morgan fingerprint density at radius 3 is 2.54 bits per heavy atom. The second kappa shape index (κ2) is 9.10. The first-order valence-corrected chi connectivity index (χ1v) is 9.81. The molecule has 0 saturated carbocycles. The van der Waals surface area contributed by atoms with E-state index in [1.165, 1.54) is 6.07 Å². The summed E-state index contributed by atoms with van der Waals surface area (Å²) >= 11 is 1.59. The molecular weight excluding hydrogens is 387 g/mol. The van der Waals surface area contributed by atoms with Crippen molar-refractivity contribution in [2.45, 2.75) is 18.3 Å². The Labute approximate surface area is 164 Å². The molecule has 0 unspecified atom stereocenters. The second-order valence-electron chi connectivity index (χ2n) is 6.16. The van der Waals surface area contributed by atoms with Crippen molar-refractivity contribution in [2.24, 2.45) is 0 Å². The van der Waals surface area contributed by atoms with E-state index in [-0.39, 0.29) is 12.4 Å². The summed E-state index contributed by atoms with van der Waals surface area (Å²) in [5.41, 5.74) is 1.33. The number of aromatic nitrogens is 1. The van der Waals surface area contributed by atoms with Gasteiger partial charge in [-0.05, 0) is 29.3 Å². The predicted molar refractivity (Wildman–Crippen MR) is 104 cm³/mol. The van der Waals surface area contributed by atoms with E-state index in [0.717, 1.165) is 17.2 Å². The molecule has 28 heavy (non-hydrogen) atoms. The zero-order valence-electron chi connectivity index (χ0n) is 14.9. The fourth-order valence-electron chi connectivity index (χ4n) is 2.64. The van der Waals surface area contributed by atoms with E-state index in [2.05, 4.69) is 4.98 Å². The molecule has 0 atom stereocenters. The molecule has 1 aromatic heterocycles. The number of nitrogens with zero attached hydrogens (tertiary/aromatic N) is 1. The van der Waals surface area contributed by atoms with E-state index >= 15 is 0 Å². The van der Waals surface area contributed by atoms with Gasteiger partial charge >= 0.3 is 12.1 Å². The SMILES string of the molecule is O=C(Cc1ccccc1)OCCSCc1ccc2nc(C(F)(F)F)ccc2c1. The number of hydrogen-bond acceptors (Lipinski definition) is 4. The van der Waals surface area contributed by atoms with Crippen LogP contribution in [-0.2, 0) is 27.9 Å². The molecule has 0 aliphatic carbocycles. The lowest BCUT2D eigenvalue weighted by Gasteiger charge is -2.08. The third-order valence-electron chi connectivity index (χ3n) is 3.99. The summed E-state index contributed by atoms with van der Waals surface area (Å²) in [5, 5.41) is 0.667. The highest BCUT2D eigenvalue weighted by molar-refractivity contribution is 7.98. The van der Waals surface area contributed by atoms with Gasteiger partial charge in [0.05, 0.1) is 11.9 Å². The van der Waals surface area contributed by atoms with Crippen molar-refractivity contribution in [1.29, 1.82) is 0 Å². The van der Waals surface area contributed by atoms with Crippen LogP contribution in [0.25, 0.3) is 10.9 Å². The highest BCUT2D eigenvalue weighted by Gasteiger charge is 2.32. The number of esters is 1. The van der Waals surface area contributed by atoms with E-state index in [1.54, 1.807) is 23.9 Å². The first-order valence-electron chi connectivity index (χ1n) is 8.66. The minimum atomic E-state index is -4.44. The molecule has 0 amide bonds. The molecule has 3 aromatic rings. The highest BCUT2D eigenvalue weighted by Crippen LogP contribution is 2.29. The van der Waals surface area contributed by atoms with Crippen LogP contribution >= 0.6 is 11.8 Å². The van der Waals surface area contributed by atoms with Gasteiger partial charge in [0, 0.05) is 16.9 Å². The van der Waals surface area contributed by atoms with E-state index < -0.39 is 11.9 Å². The van der Waals surface area contributed by atoms with Gasteiger partial charge in [-0.2, -0.15) is 24.9 Å². The van der Waals surface area contributed by atoms with E-state index in [1.807, 2.05) is 36.4 Å². The number of ether oxygens (including phenoxy) is 1. The van der Waals surface area contributed by atoms with Gasteiger partial charge in [-0.25, -0.2) is 4.98 Å². The average molecular weight is 405 g/mol. The molecule has 3 rings (SSSR count). The molecule has 0 radical (unpaired) electrons. The molecule has 0 N–H and O–H groups in total. The van der Waals surface area contributed by atoms with Crippen LogP contribution in [0.3, 0.4) is 0 Å². The molecule has 0 aliphatic rings. The number of carbonyl (C=O) groups excluding carboxylic acids is 1. The maximum absolute atomic E-state index is 12.7. The summed E-state index contributed by atoms with van der Waals surface area (Å²) in [6.07, 6.45) is -4.19. The number of fused-ring (bicyclic) bond motifs is 1. The Hall–Kier alpha value is -2.54. The molecule has 1 heterocycles. The summed E-state index contributed by atoms with van der Waals surface area (Å²) < 4.78 is 43.4. The Kier molecular flexibility index (Phi) is 6.57. The third kappa shape index (κ3) is 5.73. The highest BCUT2D eigenvalue weighted by atomic mass is 32.2. The second-order valence-corrected chi connectivity index (χ2v) is 7.26. The van der Waals surface area contributed by atoms with Gasteiger partial charge in [0.1, 0.15) is 12.3 Å². The van der Waals surface area contributed by atoms with Crippen LogP contribution in [0.1, 0.15) is 16.8 Å². The first-order chi connectivity index (χ1) is 13.4. The smallest absolute Gasteiger partial charge is 0.433 e. The first kappa shape index (κ1) is 20.2. The lowest BCUT2D eigenvalue weighted by molar-refractivity contribution is -0.142. The topological polar surface area (TPSA) is 39.2 Å². The molecule has 0 spiro atoms. The van der Waals surface area contributed by atoms with E-state index in [0.29, 0.717) is 29.0 Å². The van der Waals surface area contributed by atoms with Gasteiger partial charge in [-0.1, -0.05) is 42.5 Å². The Morgan fingerprint density at radius 1 is 1.00 bits per heavy atom. The Balaban J connectivity index is 1.44. The number of thioether (sulfide) groups is 1. The summed E-state index contributed by atoms with van der Waals surface area (Å²) in [7, 11) is 0. The molecule has 2 aromatic carbocycles. The van der Waals surface area contributed by atoms with Crippen molar-refractivity contribution >= 4 is 28.6 Å². The number of benzene rings is 2. The van der Waals surface area contributed by atoms with Crippen molar-refractivity contribution in [1.82, 2.24) is 4.98 Å². The normalized spacial score (nSPS) is 11.5. The van der Waals surface area contributed by atoms with Gasteiger partial charge in [0.2, 0.25) is 0 Å². The molecular formula is C21H18F3NO2S. The van der Waals surface area contributed by atoms with Crippen LogP contribution in [0.4, 0.5) is 13.2 Å². The van der Waals surface area contributed by atoms with Gasteiger partial charge < -0.3 is 4.74 Å². The van der Waals surface area contributed by atoms with E-state index in [4.69, 9.17) is 4.74 Å². The Morgan fingerprint density at radius 2 is 1.79 bits per heavy atom. The summed E-state index contributed by atoms with van der Waals surface area (Å²) in [4.78, 5) is 15.4. The lowest BCUT2D eigenvalue weighted by atomic mass is 10.1. The lowest BCUT2D eigenvalue weighted by Crippen LogP contribution is -2.10. The van der Waals surface area contributed by atoms with Crippen LogP contribution in [0.2, 0.25) is 0 Å². The van der Waals surface area contributed by atoms with Crippen LogP contribution in [0.5, 0.6) is 0 Å². The van der Waals surface area contributed by atoms with Gasteiger partial charge in [-0.3, -0.25) is 4.79 Å². The Bertz CT molecular complexity index is 945. The van der Waals surface area contributed by atoms with E-state index in [9.17, 15) is 18.0 Å². The summed E-state index contributed by atoms with van der Waals surface area (Å²) in [6.45, 7) is 0.320. The molecule has 0 aliphatic heterocycles. The minimum absolute atomic E-state index is 0.253. The van der Waals surface area contributed by atoms with Crippen molar-refractivity contribution in [3.8, 4) is 0 Å². The summed E-state index contributed by atoms with van der Waals surface area (Å²) in [5.74, 6) is 1.06.